The van der Waals surface area contributed by atoms with Crippen LogP contribution in [-0.2, 0) is 6.18 Å². The van der Waals surface area contributed by atoms with Crippen LogP contribution in [0.3, 0.4) is 0 Å². The Bertz CT molecular complexity index is 555. The zero-order valence-electron chi connectivity index (χ0n) is 8.78. The molecule has 1 atom stereocenters. The summed E-state index contributed by atoms with van der Waals surface area (Å²) in [5.41, 5.74) is -0.610. The fraction of sp³-hybridized carbons (Fsp3) is 0.182. The van der Waals surface area contributed by atoms with Crippen LogP contribution in [0.1, 0.15) is 22.2 Å². The van der Waals surface area contributed by atoms with Crippen LogP contribution >= 0.6 is 27.3 Å². The van der Waals surface area contributed by atoms with E-state index in [4.69, 9.17) is 0 Å². The third-order valence-electron chi connectivity index (χ3n) is 2.26. The second-order valence-corrected chi connectivity index (χ2v) is 5.24. The maximum Gasteiger partial charge on any atom is 0.416 e. The zero-order chi connectivity index (χ0) is 13.3. The molecular weight excluding hydrogens is 331 g/mol. The van der Waals surface area contributed by atoms with Crippen molar-refractivity contribution in [3.63, 3.8) is 0 Å². The van der Waals surface area contributed by atoms with Crippen molar-refractivity contribution in [1.82, 2.24) is 4.98 Å². The predicted molar refractivity (Wildman–Crippen MR) is 65.3 cm³/mol. The van der Waals surface area contributed by atoms with Crippen LogP contribution in [0.25, 0.3) is 0 Å². The average molecular weight is 338 g/mol. The summed E-state index contributed by atoms with van der Waals surface area (Å²) in [6.45, 7) is 0. The van der Waals surface area contributed by atoms with E-state index in [1.54, 1.807) is 5.38 Å². The van der Waals surface area contributed by atoms with Crippen molar-refractivity contribution < 1.29 is 18.3 Å². The van der Waals surface area contributed by atoms with Crippen LogP contribution in [-0.4, -0.2) is 10.1 Å². The lowest BCUT2D eigenvalue weighted by Gasteiger charge is -2.11. The maximum atomic E-state index is 12.5. The Hall–Kier alpha value is -0.920. The summed E-state index contributed by atoms with van der Waals surface area (Å²) >= 11 is 4.30. The van der Waals surface area contributed by atoms with Crippen LogP contribution in [0.15, 0.2) is 34.2 Å². The summed E-state index contributed by atoms with van der Waals surface area (Å²) in [5, 5.41) is 12.0. The van der Waals surface area contributed by atoms with Gasteiger partial charge in [-0.2, -0.15) is 13.2 Å². The molecule has 1 heterocycles. The fourth-order valence-corrected chi connectivity index (χ4v) is 2.70. The number of hydrogen-bond acceptors (Lipinski definition) is 3. The first-order valence-electron chi connectivity index (χ1n) is 4.84. The van der Waals surface area contributed by atoms with Gasteiger partial charge in [-0.3, -0.25) is 0 Å². The van der Waals surface area contributed by atoms with Gasteiger partial charge in [-0.1, -0.05) is 12.1 Å². The van der Waals surface area contributed by atoms with Gasteiger partial charge in [0.05, 0.1) is 5.56 Å². The number of hydrogen-bond donors (Lipinski definition) is 1. The second kappa shape index (κ2) is 4.99. The number of aliphatic hydroxyl groups excluding tert-OH is 1. The molecule has 1 aromatic heterocycles. The molecule has 0 aliphatic carbocycles. The van der Waals surface area contributed by atoms with Gasteiger partial charge in [0.2, 0.25) is 0 Å². The molecule has 0 saturated carbocycles. The number of aliphatic hydroxyl groups is 1. The van der Waals surface area contributed by atoms with Crippen LogP contribution < -0.4 is 0 Å². The van der Waals surface area contributed by atoms with Crippen LogP contribution in [0.2, 0.25) is 0 Å². The van der Waals surface area contributed by atoms with Crippen molar-refractivity contribution in [2.75, 3.05) is 0 Å². The van der Waals surface area contributed by atoms with E-state index < -0.39 is 17.8 Å². The smallest absolute Gasteiger partial charge is 0.381 e. The molecule has 2 aromatic rings. The molecule has 2 nitrogen and oxygen atoms in total. The van der Waals surface area contributed by atoms with E-state index in [0.29, 0.717) is 9.61 Å². The van der Waals surface area contributed by atoms with Gasteiger partial charge in [-0.15, -0.1) is 11.3 Å². The number of rotatable bonds is 2. The number of benzene rings is 1. The first-order chi connectivity index (χ1) is 8.38. The fourth-order valence-electron chi connectivity index (χ4n) is 1.42. The first kappa shape index (κ1) is 13.5. The monoisotopic (exact) mass is 337 g/mol. The number of halogens is 4. The highest BCUT2D eigenvalue weighted by Crippen LogP contribution is 2.33. The van der Waals surface area contributed by atoms with Crippen LogP contribution in [0, 0.1) is 0 Å². The molecule has 0 radical (unpaired) electrons. The maximum absolute atomic E-state index is 12.5. The number of nitrogens with zero attached hydrogens (tertiary/aromatic N) is 1. The minimum absolute atomic E-state index is 0.173. The first-order valence-corrected chi connectivity index (χ1v) is 6.51. The lowest BCUT2D eigenvalue weighted by Crippen LogP contribution is -2.07. The topological polar surface area (TPSA) is 33.1 Å². The minimum atomic E-state index is -4.42. The summed E-state index contributed by atoms with van der Waals surface area (Å²) < 4.78 is 38.2. The Morgan fingerprint density at radius 2 is 2.06 bits per heavy atom. The van der Waals surface area contributed by atoms with Crippen molar-refractivity contribution in [3.05, 3.63) is 50.4 Å². The van der Waals surface area contributed by atoms with E-state index in [1.807, 2.05) is 0 Å². The van der Waals surface area contributed by atoms with Gasteiger partial charge < -0.3 is 5.11 Å². The summed E-state index contributed by atoms with van der Waals surface area (Å²) in [6.07, 6.45) is -5.57. The van der Waals surface area contributed by atoms with Crippen LogP contribution in [0.5, 0.6) is 0 Å². The van der Waals surface area contributed by atoms with Gasteiger partial charge in [-0.25, -0.2) is 4.98 Å². The lowest BCUT2D eigenvalue weighted by molar-refractivity contribution is -0.137. The van der Waals surface area contributed by atoms with Crippen LogP contribution in [0.4, 0.5) is 13.2 Å². The summed E-state index contributed by atoms with van der Waals surface area (Å²) in [5.74, 6) is 0. The second-order valence-electron chi connectivity index (χ2n) is 3.53. The van der Waals surface area contributed by atoms with E-state index in [0.717, 1.165) is 12.1 Å². The lowest BCUT2D eigenvalue weighted by atomic mass is 10.1. The Balaban J connectivity index is 2.34. The molecule has 0 bridgehead atoms. The third-order valence-corrected chi connectivity index (χ3v) is 3.86. The molecule has 0 amide bonds. The van der Waals surface area contributed by atoms with E-state index in [1.165, 1.54) is 23.5 Å². The highest BCUT2D eigenvalue weighted by Gasteiger charge is 2.31. The molecule has 1 aromatic carbocycles. The molecular formula is C11H7BrF3NOS. The molecule has 18 heavy (non-hydrogen) atoms. The highest BCUT2D eigenvalue weighted by molar-refractivity contribution is 9.10. The Morgan fingerprint density at radius 3 is 2.61 bits per heavy atom. The SMILES string of the molecule is OC(c1cccc(C(F)(F)F)c1)c1nc(Br)cs1. The Labute approximate surface area is 113 Å². The Kier molecular flexibility index (Phi) is 3.74. The number of aromatic nitrogens is 1. The van der Waals surface area contributed by atoms with Crippen molar-refractivity contribution >= 4 is 27.3 Å². The van der Waals surface area contributed by atoms with Gasteiger partial charge in [0.1, 0.15) is 15.7 Å². The van der Waals surface area contributed by atoms with Crippen molar-refractivity contribution in [2.24, 2.45) is 0 Å². The van der Waals surface area contributed by atoms with E-state index in [9.17, 15) is 18.3 Å². The van der Waals surface area contributed by atoms with Gasteiger partial charge >= 0.3 is 6.18 Å². The van der Waals surface area contributed by atoms with Gasteiger partial charge in [0.25, 0.3) is 0 Å². The standard InChI is InChI=1S/C11H7BrF3NOS/c12-8-5-18-10(16-8)9(17)6-2-1-3-7(4-6)11(13,14)15/h1-5,9,17H. The van der Waals surface area contributed by atoms with Crippen molar-refractivity contribution in [3.8, 4) is 0 Å². The quantitative estimate of drug-likeness (QED) is 0.898. The van der Waals surface area contributed by atoms with Gasteiger partial charge in [-0.05, 0) is 33.6 Å². The van der Waals surface area contributed by atoms with Gasteiger partial charge in [0, 0.05) is 5.38 Å². The molecule has 2 rings (SSSR count). The van der Waals surface area contributed by atoms with E-state index >= 15 is 0 Å². The normalized spacial score (nSPS) is 13.6. The van der Waals surface area contributed by atoms with Crippen molar-refractivity contribution in [2.45, 2.75) is 12.3 Å². The summed E-state index contributed by atoms with van der Waals surface area (Å²) in [4.78, 5) is 3.98. The van der Waals surface area contributed by atoms with E-state index in [2.05, 4.69) is 20.9 Å². The molecule has 0 spiro atoms. The molecule has 0 aliphatic heterocycles. The van der Waals surface area contributed by atoms with Gasteiger partial charge in [0.15, 0.2) is 0 Å². The molecule has 0 saturated heterocycles. The average Bonchev–Trinajstić information content (AvgIpc) is 2.74. The molecule has 0 fully saturated rings. The third kappa shape index (κ3) is 2.90. The molecule has 96 valence electrons. The largest absolute Gasteiger partial charge is 0.416 e. The molecule has 1 unspecified atom stereocenters. The van der Waals surface area contributed by atoms with E-state index in [-0.39, 0.29) is 5.56 Å². The molecule has 1 N–H and O–H groups in total. The van der Waals surface area contributed by atoms with Crippen molar-refractivity contribution in [1.29, 1.82) is 0 Å². The minimum Gasteiger partial charge on any atom is -0.381 e. The highest BCUT2D eigenvalue weighted by atomic mass is 79.9. The number of thiazole rings is 1. The molecule has 7 heteroatoms. The summed E-state index contributed by atoms with van der Waals surface area (Å²) in [7, 11) is 0. The zero-order valence-corrected chi connectivity index (χ0v) is 11.2. The summed E-state index contributed by atoms with van der Waals surface area (Å²) in [6, 6.07) is 4.60. The molecule has 0 aliphatic rings. The predicted octanol–water partition coefficient (Wildman–Crippen LogP) is 4.01. The Morgan fingerprint density at radius 1 is 1.33 bits per heavy atom. The number of alkyl halides is 3.